The number of carbonyl (C=O) groups excluding carboxylic acids is 2. The summed E-state index contributed by atoms with van der Waals surface area (Å²) in [5.41, 5.74) is 9.11. The maximum atomic E-state index is 14.8. The van der Waals surface area contributed by atoms with E-state index in [9.17, 15) is 14.0 Å². The minimum atomic E-state index is -2.51. The zero-order chi connectivity index (χ0) is 26.6. The second-order valence-corrected chi connectivity index (χ2v) is 16.5. The van der Waals surface area contributed by atoms with Crippen LogP contribution in [0.5, 0.6) is 0 Å². The van der Waals surface area contributed by atoms with Gasteiger partial charge in [0.25, 0.3) is 0 Å². The standard InChI is InChI=1S/C25H39FN4O4Si/c1-24(2,3)33-23(32)30-16-18(26)15-20(30)21(34-35(7,8)25(4,5)6)19(22(31)28-29-27)14-17-12-10-9-11-13-17/h9-13,18-21H,14-16H2,1-8H3/t18-,19+,20-,21+/m1/s1. The highest BCUT2D eigenvalue weighted by Crippen LogP contribution is 2.41. The van der Waals surface area contributed by atoms with Crippen molar-refractivity contribution in [1.29, 1.82) is 0 Å². The number of likely N-dealkylation sites (tertiary alicyclic amines) is 1. The van der Waals surface area contributed by atoms with Crippen LogP contribution in [0.2, 0.25) is 18.1 Å². The molecule has 1 aromatic rings. The molecule has 194 valence electrons. The predicted octanol–water partition coefficient (Wildman–Crippen LogP) is 6.42. The summed E-state index contributed by atoms with van der Waals surface area (Å²) in [5, 5.41) is 3.19. The van der Waals surface area contributed by atoms with Gasteiger partial charge in [-0.25, -0.2) is 9.18 Å². The molecule has 0 aromatic heterocycles. The molecule has 0 saturated carbocycles. The van der Waals surface area contributed by atoms with E-state index in [0.717, 1.165) is 5.56 Å². The second kappa shape index (κ2) is 11.1. The minimum absolute atomic E-state index is 0.00731. The minimum Gasteiger partial charge on any atom is -0.444 e. The van der Waals surface area contributed by atoms with Crippen molar-refractivity contribution in [2.24, 2.45) is 11.0 Å². The van der Waals surface area contributed by atoms with E-state index in [1.807, 2.05) is 43.4 Å². The third kappa shape index (κ3) is 7.78. The Bertz CT molecular complexity index is 939. The molecule has 1 saturated heterocycles. The number of nitrogens with zero attached hydrogens (tertiary/aromatic N) is 4. The number of azide groups is 1. The summed E-state index contributed by atoms with van der Waals surface area (Å²) < 4.78 is 27.2. The molecule has 1 aliphatic rings. The number of hydrogen-bond donors (Lipinski definition) is 0. The van der Waals surface area contributed by atoms with Gasteiger partial charge in [-0.05, 0) is 61.5 Å². The van der Waals surface area contributed by atoms with E-state index < -0.39 is 50.2 Å². The van der Waals surface area contributed by atoms with Crippen LogP contribution in [-0.4, -0.2) is 55.7 Å². The molecule has 8 nitrogen and oxygen atoms in total. The monoisotopic (exact) mass is 506 g/mol. The molecule has 2 amide bonds. The predicted molar refractivity (Wildman–Crippen MR) is 136 cm³/mol. The summed E-state index contributed by atoms with van der Waals surface area (Å²) in [6.45, 7) is 15.4. The van der Waals surface area contributed by atoms with Gasteiger partial charge in [-0.2, -0.15) is 0 Å². The molecule has 0 unspecified atom stereocenters. The Morgan fingerprint density at radius 3 is 2.31 bits per heavy atom. The molecule has 10 heteroatoms. The van der Waals surface area contributed by atoms with Gasteiger partial charge in [0.1, 0.15) is 11.8 Å². The lowest BCUT2D eigenvalue weighted by molar-refractivity contribution is -0.126. The highest BCUT2D eigenvalue weighted by Gasteiger charge is 2.50. The molecule has 4 atom stereocenters. The number of alkyl halides is 1. The Labute approximate surface area is 208 Å². The van der Waals surface area contributed by atoms with Crippen molar-refractivity contribution < 1.29 is 23.1 Å². The van der Waals surface area contributed by atoms with Crippen molar-refractivity contribution in [2.75, 3.05) is 6.54 Å². The van der Waals surface area contributed by atoms with Crippen LogP contribution in [0.15, 0.2) is 35.4 Å². The van der Waals surface area contributed by atoms with Crippen molar-refractivity contribution in [3.05, 3.63) is 46.3 Å². The first kappa shape index (κ1) is 28.8. The average molecular weight is 507 g/mol. The van der Waals surface area contributed by atoms with E-state index in [1.165, 1.54) is 4.90 Å². The zero-order valence-corrected chi connectivity index (χ0v) is 23.1. The summed E-state index contributed by atoms with van der Waals surface area (Å²) >= 11 is 0. The Balaban J connectivity index is 2.59. The van der Waals surface area contributed by atoms with Crippen LogP contribution in [0.25, 0.3) is 10.4 Å². The fourth-order valence-corrected chi connectivity index (χ4v) is 5.29. The number of halogens is 1. The van der Waals surface area contributed by atoms with Crippen LogP contribution in [0.4, 0.5) is 9.18 Å². The SMILES string of the molecule is CC(C)(C)OC(=O)N1C[C@H](F)C[C@@H]1[C@@H](O[Si](C)(C)C(C)(C)C)[C@H](Cc1ccccc1)C(=O)N=[N+]=[N-]. The van der Waals surface area contributed by atoms with E-state index in [1.54, 1.807) is 20.8 Å². The van der Waals surface area contributed by atoms with Crippen LogP contribution in [0, 0.1) is 5.92 Å². The fourth-order valence-electron chi connectivity index (χ4n) is 3.93. The van der Waals surface area contributed by atoms with Crippen molar-refractivity contribution in [3.63, 3.8) is 0 Å². The van der Waals surface area contributed by atoms with E-state index in [0.29, 0.717) is 0 Å². The van der Waals surface area contributed by atoms with E-state index >= 15 is 0 Å². The Morgan fingerprint density at radius 2 is 1.80 bits per heavy atom. The van der Waals surface area contributed by atoms with Gasteiger partial charge in [0.05, 0.1) is 24.6 Å². The number of ether oxygens (including phenoxy) is 1. The highest BCUT2D eigenvalue weighted by atomic mass is 28.4. The van der Waals surface area contributed by atoms with Gasteiger partial charge in [-0.3, -0.25) is 9.69 Å². The van der Waals surface area contributed by atoms with Crippen molar-refractivity contribution >= 4 is 20.3 Å². The first-order valence-corrected chi connectivity index (χ1v) is 14.9. The summed E-state index contributed by atoms with van der Waals surface area (Å²) in [6.07, 6.45) is -2.57. The number of benzene rings is 1. The van der Waals surface area contributed by atoms with Gasteiger partial charge in [0.2, 0.25) is 5.91 Å². The lowest BCUT2D eigenvalue weighted by atomic mass is 9.88. The molecule has 35 heavy (non-hydrogen) atoms. The van der Waals surface area contributed by atoms with Gasteiger partial charge in [-0.1, -0.05) is 51.1 Å². The third-order valence-electron chi connectivity index (χ3n) is 6.69. The first-order chi connectivity index (χ1) is 16.1. The fraction of sp³-hybridized carbons (Fsp3) is 0.680. The molecule has 0 bridgehead atoms. The molecular formula is C25H39FN4O4Si. The van der Waals surface area contributed by atoms with Crippen molar-refractivity contribution in [1.82, 2.24) is 4.90 Å². The number of carbonyl (C=O) groups is 2. The quantitative estimate of drug-likeness (QED) is 0.184. The largest absolute Gasteiger partial charge is 0.444 e. The third-order valence-corrected chi connectivity index (χ3v) is 11.2. The van der Waals surface area contributed by atoms with Crippen LogP contribution in [0.3, 0.4) is 0 Å². The molecule has 0 aliphatic carbocycles. The smallest absolute Gasteiger partial charge is 0.410 e. The Morgan fingerprint density at radius 1 is 1.20 bits per heavy atom. The van der Waals surface area contributed by atoms with Gasteiger partial charge >= 0.3 is 6.09 Å². The molecule has 1 fully saturated rings. The molecule has 0 spiro atoms. The molecule has 1 heterocycles. The van der Waals surface area contributed by atoms with Crippen LogP contribution >= 0.6 is 0 Å². The lowest BCUT2D eigenvalue weighted by Gasteiger charge is -2.44. The van der Waals surface area contributed by atoms with Crippen LogP contribution < -0.4 is 0 Å². The topological polar surface area (TPSA) is 105 Å². The van der Waals surface area contributed by atoms with Crippen LogP contribution in [0.1, 0.15) is 53.5 Å². The molecule has 0 radical (unpaired) electrons. The normalized spacial score (nSPS) is 20.7. The highest BCUT2D eigenvalue weighted by molar-refractivity contribution is 6.74. The molecule has 1 aliphatic heterocycles. The summed E-state index contributed by atoms with van der Waals surface area (Å²) in [4.78, 5) is 30.3. The number of amides is 2. The van der Waals surface area contributed by atoms with Gasteiger partial charge < -0.3 is 9.16 Å². The first-order valence-electron chi connectivity index (χ1n) is 12.0. The van der Waals surface area contributed by atoms with E-state index in [4.69, 9.17) is 14.7 Å². The number of rotatable bonds is 7. The maximum Gasteiger partial charge on any atom is 0.410 e. The molecular weight excluding hydrogens is 467 g/mol. The lowest BCUT2D eigenvalue weighted by Crippen LogP contribution is -2.55. The van der Waals surface area contributed by atoms with Crippen LogP contribution in [-0.2, 0) is 20.4 Å². The van der Waals surface area contributed by atoms with Gasteiger partial charge in [0.15, 0.2) is 8.32 Å². The Kier molecular flexibility index (Phi) is 9.14. The molecule has 2 rings (SSSR count). The van der Waals surface area contributed by atoms with Gasteiger partial charge in [-0.15, -0.1) is 0 Å². The maximum absolute atomic E-state index is 14.8. The van der Waals surface area contributed by atoms with Crippen molar-refractivity contribution in [3.8, 4) is 0 Å². The number of hydrogen-bond acceptors (Lipinski definition) is 4. The average Bonchev–Trinajstić information content (AvgIpc) is 3.11. The summed E-state index contributed by atoms with van der Waals surface area (Å²) in [6, 6.07) is 8.57. The van der Waals surface area contributed by atoms with Gasteiger partial charge in [0, 0.05) is 11.3 Å². The zero-order valence-electron chi connectivity index (χ0n) is 22.1. The Hall–Kier alpha value is -2.42. The summed E-state index contributed by atoms with van der Waals surface area (Å²) in [7, 11) is -2.51. The molecule has 0 N–H and O–H groups in total. The van der Waals surface area contributed by atoms with E-state index in [2.05, 4.69) is 30.8 Å². The van der Waals surface area contributed by atoms with Crippen molar-refractivity contribution in [2.45, 2.75) is 96.4 Å². The summed E-state index contributed by atoms with van der Waals surface area (Å²) in [5.74, 6) is -1.59. The van der Waals surface area contributed by atoms with E-state index in [-0.39, 0.29) is 24.4 Å². The molecule has 1 aromatic carbocycles. The second-order valence-electron chi connectivity index (χ2n) is 11.7.